The average Bonchev–Trinajstić information content (AvgIpc) is 3.45. The van der Waals surface area contributed by atoms with Crippen LogP contribution < -0.4 is 10.6 Å². The van der Waals surface area contributed by atoms with E-state index < -0.39 is 0 Å². The van der Waals surface area contributed by atoms with Gasteiger partial charge >= 0.3 is 0 Å². The number of thiazole rings is 1. The number of rotatable bonds is 4. The van der Waals surface area contributed by atoms with Crippen molar-refractivity contribution >= 4 is 55.0 Å². The number of furan rings is 1. The summed E-state index contributed by atoms with van der Waals surface area (Å²) in [5, 5.41) is 8.35. The molecule has 7 heteroatoms. The number of nitrogens with zero attached hydrogens (tertiary/aromatic N) is 1. The van der Waals surface area contributed by atoms with Crippen molar-refractivity contribution in [2.75, 3.05) is 10.6 Å². The molecule has 5 aromatic rings. The number of benzene rings is 3. The maximum Gasteiger partial charge on any atom is 0.291 e. The van der Waals surface area contributed by atoms with Crippen molar-refractivity contribution in [2.24, 2.45) is 0 Å². The van der Waals surface area contributed by atoms with Crippen molar-refractivity contribution < 1.29 is 14.0 Å². The smallest absolute Gasteiger partial charge is 0.291 e. The zero-order chi connectivity index (χ0) is 21.4. The molecule has 0 saturated heterocycles. The third-order valence-corrected chi connectivity index (χ3v) is 5.93. The first kappa shape index (κ1) is 19.0. The van der Waals surface area contributed by atoms with Gasteiger partial charge in [0.1, 0.15) is 0 Å². The van der Waals surface area contributed by atoms with Gasteiger partial charge < -0.3 is 9.73 Å². The van der Waals surface area contributed by atoms with Gasteiger partial charge in [-0.05, 0) is 48.2 Å². The van der Waals surface area contributed by atoms with Crippen LogP contribution in [0.3, 0.4) is 0 Å². The van der Waals surface area contributed by atoms with E-state index in [2.05, 4.69) is 21.7 Å². The fourth-order valence-corrected chi connectivity index (χ4v) is 4.25. The van der Waals surface area contributed by atoms with Gasteiger partial charge in [0.15, 0.2) is 10.9 Å². The number of aromatic nitrogens is 1. The number of aryl methyl sites for hydroxylation is 1. The number of hydrogen-bond donors (Lipinski definition) is 2. The quantitative estimate of drug-likeness (QED) is 0.376. The Bertz CT molecular complexity index is 1440. The summed E-state index contributed by atoms with van der Waals surface area (Å²) in [5.41, 5.74) is 2.67. The molecule has 3 aromatic carbocycles. The molecule has 0 radical (unpaired) electrons. The van der Waals surface area contributed by atoms with Crippen molar-refractivity contribution in [2.45, 2.75) is 6.92 Å². The first-order chi connectivity index (χ1) is 15.1. The van der Waals surface area contributed by atoms with Crippen LogP contribution >= 0.6 is 11.3 Å². The third-order valence-electron chi connectivity index (χ3n) is 5.00. The second-order valence-electron chi connectivity index (χ2n) is 7.07. The maximum atomic E-state index is 12.9. The Morgan fingerprint density at radius 1 is 0.935 bits per heavy atom. The highest BCUT2D eigenvalue weighted by Gasteiger charge is 2.15. The largest absolute Gasteiger partial charge is 0.459 e. The summed E-state index contributed by atoms with van der Waals surface area (Å²) in [7, 11) is 0. The monoisotopic (exact) mass is 427 g/mol. The number of anilines is 2. The van der Waals surface area contributed by atoms with Crippen LogP contribution in [0.2, 0.25) is 0 Å². The van der Waals surface area contributed by atoms with Crippen molar-refractivity contribution in [1.82, 2.24) is 4.98 Å². The van der Waals surface area contributed by atoms with E-state index in [1.807, 2.05) is 37.3 Å². The molecule has 2 amide bonds. The molecule has 5 rings (SSSR count). The summed E-state index contributed by atoms with van der Waals surface area (Å²) in [6.07, 6.45) is 1.44. The van der Waals surface area contributed by atoms with Crippen LogP contribution in [-0.4, -0.2) is 16.8 Å². The second-order valence-corrected chi connectivity index (χ2v) is 8.10. The molecular formula is C24H17N3O3S. The third kappa shape index (κ3) is 3.67. The van der Waals surface area contributed by atoms with Crippen LogP contribution in [0.5, 0.6) is 0 Å². The lowest BCUT2D eigenvalue weighted by atomic mass is 10.1. The lowest BCUT2D eigenvalue weighted by molar-refractivity contribution is 0.0993. The van der Waals surface area contributed by atoms with Gasteiger partial charge in [0.2, 0.25) is 0 Å². The molecule has 152 valence electrons. The van der Waals surface area contributed by atoms with Gasteiger partial charge in [0, 0.05) is 16.6 Å². The summed E-state index contributed by atoms with van der Waals surface area (Å²) < 4.78 is 6.13. The van der Waals surface area contributed by atoms with Gasteiger partial charge in [-0.2, -0.15) is 0 Å². The molecule has 0 aliphatic heterocycles. The summed E-state index contributed by atoms with van der Waals surface area (Å²) in [5.74, 6) is -0.462. The minimum absolute atomic E-state index is 0.205. The van der Waals surface area contributed by atoms with Crippen LogP contribution in [-0.2, 0) is 0 Å². The highest BCUT2D eigenvalue weighted by molar-refractivity contribution is 7.22. The van der Waals surface area contributed by atoms with Crippen molar-refractivity contribution in [3.05, 3.63) is 89.9 Å². The fraction of sp³-hybridized carbons (Fsp3) is 0.0417. The molecule has 2 N–H and O–H groups in total. The lowest BCUT2D eigenvalue weighted by Gasteiger charge is -2.09. The Morgan fingerprint density at radius 3 is 2.65 bits per heavy atom. The predicted molar refractivity (Wildman–Crippen MR) is 123 cm³/mol. The first-order valence-electron chi connectivity index (χ1n) is 9.63. The topological polar surface area (TPSA) is 84.2 Å². The minimum Gasteiger partial charge on any atom is -0.459 e. The second kappa shape index (κ2) is 7.70. The highest BCUT2D eigenvalue weighted by atomic mass is 32.1. The van der Waals surface area contributed by atoms with Crippen LogP contribution in [0.15, 0.2) is 77.4 Å². The molecule has 2 aromatic heterocycles. The lowest BCUT2D eigenvalue weighted by Crippen LogP contribution is -2.15. The van der Waals surface area contributed by atoms with E-state index in [0.29, 0.717) is 16.4 Å². The maximum absolute atomic E-state index is 12.9. The summed E-state index contributed by atoms with van der Waals surface area (Å²) >= 11 is 1.43. The summed E-state index contributed by atoms with van der Waals surface area (Å²) in [4.78, 5) is 29.8. The normalized spacial score (nSPS) is 11.0. The number of fused-ring (bicyclic) bond motifs is 3. The molecule has 31 heavy (non-hydrogen) atoms. The number of carbonyl (C=O) groups excluding carboxylic acids is 2. The van der Waals surface area contributed by atoms with Crippen molar-refractivity contribution in [1.29, 1.82) is 0 Å². The number of amides is 2. The van der Waals surface area contributed by atoms with E-state index in [9.17, 15) is 9.59 Å². The molecule has 0 aliphatic rings. The van der Waals surface area contributed by atoms with Gasteiger partial charge in [0.05, 0.1) is 16.5 Å². The van der Waals surface area contributed by atoms with E-state index in [1.54, 1.807) is 30.3 Å². The van der Waals surface area contributed by atoms with Gasteiger partial charge in [0.25, 0.3) is 11.8 Å². The molecule has 0 spiro atoms. The molecule has 0 unspecified atom stereocenters. The minimum atomic E-state index is -0.372. The zero-order valence-electron chi connectivity index (χ0n) is 16.5. The van der Waals surface area contributed by atoms with E-state index in [4.69, 9.17) is 4.42 Å². The zero-order valence-corrected chi connectivity index (χ0v) is 17.3. The molecular weight excluding hydrogens is 410 g/mol. The Labute approximate surface area is 181 Å². The Hall–Kier alpha value is -3.97. The van der Waals surface area contributed by atoms with Gasteiger partial charge in [-0.3, -0.25) is 14.9 Å². The predicted octanol–water partition coefficient (Wildman–Crippen LogP) is 5.86. The van der Waals surface area contributed by atoms with Gasteiger partial charge in [-0.15, -0.1) is 0 Å². The van der Waals surface area contributed by atoms with E-state index in [-0.39, 0.29) is 17.6 Å². The van der Waals surface area contributed by atoms with Crippen LogP contribution in [0, 0.1) is 6.92 Å². The Balaban J connectivity index is 1.40. The first-order valence-corrected chi connectivity index (χ1v) is 10.5. The van der Waals surface area contributed by atoms with E-state index in [1.165, 1.54) is 17.6 Å². The molecule has 0 bridgehead atoms. The summed E-state index contributed by atoms with van der Waals surface area (Å²) in [6, 6.07) is 20.5. The molecule has 6 nitrogen and oxygen atoms in total. The van der Waals surface area contributed by atoms with E-state index in [0.717, 1.165) is 26.6 Å². The van der Waals surface area contributed by atoms with Crippen LogP contribution in [0.1, 0.15) is 26.5 Å². The van der Waals surface area contributed by atoms with Gasteiger partial charge in [-0.1, -0.05) is 47.7 Å². The number of hydrogen-bond acceptors (Lipinski definition) is 5. The summed E-state index contributed by atoms with van der Waals surface area (Å²) in [6.45, 7) is 1.86. The highest BCUT2D eigenvalue weighted by Crippen LogP contribution is 2.32. The Kier molecular flexibility index (Phi) is 4.72. The average molecular weight is 427 g/mol. The Morgan fingerprint density at radius 2 is 1.81 bits per heavy atom. The SMILES string of the molecule is Cc1ccc(C(=O)Nc2nc3c(ccc4ccccc43)s2)cc1NC(=O)c1ccco1. The van der Waals surface area contributed by atoms with E-state index >= 15 is 0 Å². The molecule has 2 heterocycles. The molecule has 0 atom stereocenters. The fourth-order valence-electron chi connectivity index (χ4n) is 3.37. The standard InChI is InChI=1S/C24H17N3O3S/c1-14-8-9-16(13-18(14)25-23(29)19-7-4-12-30-19)22(28)27-24-26-21-17-6-3-2-5-15(17)10-11-20(21)31-24/h2-13H,1H3,(H,25,29)(H,26,27,28). The van der Waals surface area contributed by atoms with Crippen LogP contribution in [0.25, 0.3) is 21.0 Å². The molecule has 0 aliphatic carbocycles. The van der Waals surface area contributed by atoms with Gasteiger partial charge in [-0.25, -0.2) is 4.98 Å². The van der Waals surface area contributed by atoms with Crippen LogP contribution in [0.4, 0.5) is 10.8 Å². The molecule has 0 fully saturated rings. The number of nitrogens with one attached hydrogen (secondary N) is 2. The molecule has 0 saturated carbocycles. The van der Waals surface area contributed by atoms with Crippen molar-refractivity contribution in [3.8, 4) is 0 Å². The van der Waals surface area contributed by atoms with Crippen molar-refractivity contribution in [3.63, 3.8) is 0 Å². The number of carbonyl (C=O) groups is 2.